The Bertz CT molecular complexity index is 399. The van der Waals surface area contributed by atoms with E-state index in [0.717, 1.165) is 18.4 Å². The number of carbonyl (C=O) groups excluding carboxylic acids is 1. The third-order valence-electron chi connectivity index (χ3n) is 3.20. The Morgan fingerprint density at radius 2 is 2.17 bits per heavy atom. The van der Waals surface area contributed by atoms with E-state index in [0.29, 0.717) is 6.61 Å². The van der Waals surface area contributed by atoms with Gasteiger partial charge in [0.05, 0.1) is 6.04 Å². The molecule has 1 N–H and O–H groups in total. The van der Waals surface area contributed by atoms with Gasteiger partial charge >= 0.3 is 0 Å². The molecule has 1 fully saturated rings. The lowest BCUT2D eigenvalue weighted by Crippen LogP contribution is -2.35. The fourth-order valence-electron chi connectivity index (χ4n) is 2.07. The van der Waals surface area contributed by atoms with Crippen LogP contribution < -0.4 is 5.32 Å². The molecule has 1 amide bonds. The fourth-order valence-corrected chi connectivity index (χ4v) is 2.47. The van der Waals surface area contributed by atoms with Gasteiger partial charge in [-0.3, -0.25) is 4.79 Å². The molecule has 4 heteroatoms. The second-order valence-electron chi connectivity index (χ2n) is 4.51. The molecule has 18 heavy (non-hydrogen) atoms. The third kappa shape index (κ3) is 3.27. The lowest BCUT2D eigenvalue weighted by atomic mass is 10.1. The highest BCUT2D eigenvalue weighted by molar-refractivity contribution is 7.98. The smallest absolute Gasteiger partial charge is 0.249 e. The van der Waals surface area contributed by atoms with Crippen molar-refractivity contribution in [1.29, 1.82) is 0 Å². The molecule has 2 atom stereocenters. The maximum Gasteiger partial charge on any atom is 0.249 e. The Balaban J connectivity index is 1.93. The van der Waals surface area contributed by atoms with E-state index in [2.05, 4.69) is 35.8 Å². The first kappa shape index (κ1) is 13.4. The van der Waals surface area contributed by atoms with Crippen LogP contribution in [0.4, 0.5) is 0 Å². The van der Waals surface area contributed by atoms with Crippen molar-refractivity contribution in [3.8, 4) is 0 Å². The predicted octanol–water partition coefficient (Wildman–Crippen LogP) is 2.76. The van der Waals surface area contributed by atoms with E-state index in [1.807, 2.05) is 6.92 Å². The molecule has 0 saturated carbocycles. The molecule has 1 aromatic carbocycles. The maximum absolute atomic E-state index is 11.9. The molecule has 1 aromatic rings. The van der Waals surface area contributed by atoms with E-state index in [-0.39, 0.29) is 18.1 Å². The van der Waals surface area contributed by atoms with Gasteiger partial charge in [-0.05, 0) is 43.7 Å². The number of nitrogens with one attached hydrogen (secondary N) is 1. The van der Waals surface area contributed by atoms with Crippen molar-refractivity contribution in [2.24, 2.45) is 0 Å². The number of ether oxygens (including phenoxy) is 1. The van der Waals surface area contributed by atoms with Gasteiger partial charge in [0.15, 0.2) is 0 Å². The monoisotopic (exact) mass is 265 g/mol. The summed E-state index contributed by atoms with van der Waals surface area (Å²) in [5.41, 5.74) is 1.12. The van der Waals surface area contributed by atoms with Crippen LogP contribution in [0, 0.1) is 0 Å². The summed E-state index contributed by atoms with van der Waals surface area (Å²) in [5, 5.41) is 3.00. The quantitative estimate of drug-likeness (QED) is 0.851. The van der Waals surface area contributed by atoms with Crippen LogP contribution in [0.3, 0.4) is 0 Å². The van der Waals surface area contributed by atoms with Crippen molar-refractivity contribution in [2.75, 3.05) is 12.9 Å². The Labute approximate surface area is 112 Å². The van der Waals surface area contributed by atoms with Gasteiger partial charge < -0.3 is 10.1 Å². The van der Waals surface area contributed by atoms with Crippen molar-refractivity contribution >= 4 is 17.7 Å². The second-order valence-corrected chi connectivity index (χ2v) is 5.38. The Morgan fingerprint density at radius 1 is 1.44 bits per heavy atom. The van der Waals surface area contributed by atoms with Crippen LogP contribution in [-0.4, -0.2) is 24.9 Å². The molecule has 1 aliphatic rings. The van der Waals surface area contributed by atoms with Crippen molar-refractivity contribution in [3.63, 3.8) is 0 Å². The molecule has 0 spiro atoms. The van der Waals surface area contributed by atoms with E-state index in [1.165, 1.54) is 4.90 Å². The molecule has 0 aromatic heterocycles. The normalized spacial score (nSPS) is 20.7. The summed E-state index contributed by atoms with van der Waals surface area (Å²) in [6, 6.07) is 8.31. The molecule has 98 valence electrons. The van der Waals surface area contributed by atoms with Crippen LogP contribution >= 0.6 is 11.8 Å². The van der Waals surface area contributed by atoms with Crippen molar-refractivity contribution in [1.82, 2.24) is 5.32 Å². The molecule has 0 aliphatic carbocycles. The van der Waals surface area contributed by atoms with Gasteiger partial charge in [0, 0.05) is 11.5 Å². The number of hydrogen-bond donors (Lipinski definition) is 1. The zero-order chi connectivity index (χ0) is 13.0. The van der Waals surface area contributed by atoms with E-state index in [9.17, 15) is 4.79 Å². The van der Waals surface area contributed by atoms with Crippen molar-refractivity contribution in [2.45, 2.75) is 36.8 Å². The summed E-state index contributed by atoms with van der Waals surface area (Å²) in [4.78, 5) is 13.1. The van der Waals surface area contributed by atoms with Crippen molar-refractivity contribution in [3.05, 3.63) is 29.8 Å². The predicted molar refractivity (Wildman–Crippen MR) is 73.8 cm³/mol. The highest BCUT2D eigenvalue weighted by Crippen LogP contribution is 2.20. The topological polar surface area (TPSA) is 38.3 Å². The first-order valence-electron chi connectivity index (χ1n) is 6.26. The van der Waals surface area contributed by atoms with Crippen LogP contribution in [0.1, 0.15) is 31.4 Å². The highest BCUT2D eigenvalue weighted by Gasteiger charge is 2.24. The summed E-state index contributed by atoms with van der Waals surface area (Å²) < 4.78 is 5.37. The average molecular weight is 265 g/mol. The summed E-state index contributed by atoms with van der Waals surface area (Å²) in [6.45, 7) is 2.70. The van der Waals surface area contributed by atoms with Crippen LogP contribution in [-0.2, 0) is 9.53 Å². The third-order valence-corrected chi connectivity index (χ3v) is 3.94. The molecule has 0 bridgehead atoms. The van der Waals surface area contributed by atoms with E-state index in [4.69, 9.17) is 4.74 Å². The zero-order valence-corrected chi connectivity index (χ0v) is 11.6. The van der Waals surface area contributed by atoms with Gasteiger partial charge in [-0.2, -0.15) is 0 Å². The maximum atomic E-state index is 11.9. The lowest BCUT2D eigenvalue weighted by molar-refractivity contribution is -0.130. The number of amides is 1. The van der Waals surface area contributed by atoms with Gasteiger partial charge in [-0.15, -0.1) is 11.8 Å². The van der Waals surface area contributed by atoms with Crippen LogP contribution in [0.5, 0.6) is 0 Å². The van der Waals surface area contributed by atoms with Gasteiger partial charge in [-0.25, -0.2) is 0 Å². The SMILES string of the molecule is CSc1ccc([C@@H](C)NC(=O)[C@@H]2CCCO2)cc1. The van der Waals surface area contributed by atoms with Crippen LogP contribution in [0.15, 0.2) is 29.2 Å². The van der Waals surface area contributed by atoms with Gasteiger partial charge in [-0.1, -0.05) is 12.1 Å². The minimum absolute atomic E-state index is 0.00828. The number of hydrogen-bond acceptors (Lipinski definition) is 3. The Kier molecular flexibility index (Phi) is 4.66. The largest absolute Gasteiger partial charge is 0.368 e. The van der Waals surface area contributed by atoms with Gasteiger partial charge in [0.1, 0.15) is 6.10 Å². The molecule has 0 radical (unpaired) electrons. The van der Waals surface area contributed by atoms with E-state index >= 15 is 0 Å². The summed E-state index contributed by atoms with van der Waals surface area (Å²) >= 11 is 1.72. The molecule has 3 nitrogen and oxygen atoms in total. The Morgan fingerprint density at radius 3 is 2.72 bits per heavy atom. The second kappa shape index (κ2) is 6.25. The average Bonchev–Trinajstić information content (AvgIpc) is 2.92. The molecule has 2 rings (SSSR count). The van der Waals surface area contributed by atoms with Crippen molar-refractivity contribution < 1.29 is 9.53 Å². The standard InChI is InChI=1S/C14H19NO2S/c1-10(11-5-7-12(18-2)8-6-11)15-14(16)13-4-3-9-17-13/h5-8,10,13H,3-4,9H2,1-2H3,(H,15,16)/t10-,13+/m1/s1. The summed E-state index contributed by atoms with van der Waals surface area (Å²) in [5.74, 6) is 0.00828. The molecular formula is C14H19NO2S. The van der Waals surface area contributed by atoms with Crippen LogP contribution in [0.25, 0.3) is 0 Å². The van der Waals surface area contributed by atoms with Gasteiger partial charge in [0.2, 0.25) is 5.91 Å². The first-order valence-corrected chi connectivity index (χ1v) is 7.49. The van der Waals surface area contributed by atoms with Gasteiger partial charge in [0.25, 0.3) is 0 Å². The van der Waals surface area contributed by atoms with E-state index < -0.39 is 0 Å². The molecule has 1 heterocycles. The Hall–Kier alpha value is -1.00. The highest BCUT2D eigenvalue weighted by atomic mass is 32.2. The summed E-state index contributed by atoms with van der Waals surface area (Å²) in [6.07, 6.45) is 3.62. The zero-order valence-electron chi connectivity index (χ0n) is 10.8. The van der Waals surface area contributed by atoms with Crippen LogP contribution in [0.2, 0.25) is 0 Å². The first-order chi connectivity index (χ1) is 8.70. The molecule has 1 saturated heterocycles. The molecule has 1 aliphatic heterocycles. The minimum atomic E-state index is -0.252. The number of rotatable bonds is 4. The fraction of sp³-hybridized carbons (Fsp3) is 0.500. The van der Waals surface area contributed by atoms with E-state index in [1.54, 1.807) is 11.8 Å². The molecular weight excluding hydrogens is 246 g/mol. The molecule has 0 unspecified atom stereocenters. The number of carbonyl (C=O) groups is 1. The summed E-state index contributed by atoms with van der Waals surface area (Å²) in [7, 11) is 0. The number of thioether (sulfide) groups is 1. The number of benzene rings is 1. The minimum Gasteiger partial charge on any atom is -0.368 e. The lowest BCUT2D eigenvalue weighted by Gasteiger charge is -2.17.